The summed E-state index contributed by atoms with van der Waals surface area (Å²) in [6, 6.07) is 18.1. The van der Waals surface area contributed by atoms with Gasteiger partial charge in [-0.2, -0.15) is 13.6 Å². The van der Waals surface area contributed by atoms with Crippen molar-refractivity contribution < 1.29 is 65.4 Å². The molecule has 4 rings (SSSR count). The average molecular weight is 691 g/mol. The Kier molecular flexibility index (Phi) is 11.6. The molecule has 6 atom stereocenters. The average Bonchev–Trinajstić information content (AvgIpc) is 3.34. The van der Waals surface area contributed by atoms with E-state index in [1.165, 1.54) is 24.4 Å². The zero-order valence-corrected chi connectivity index (χ0v) is 25.7. The van der Waals surface area contributed by atoms with Crippen molar-refractivity contribution >= 4 is 35.4 Å². The third-order valence-corrected chi connectivity index (χ3v) is 10.1. The van der Waals surface area contributed by atoms with Crippen molar-refractivity contribution in [3.8, 4) is 0 Å². The summed E-state index contributed by atoms with van der Waals surface area (Å²) < 4.78 is 65.2. The van der Waals surface area contributed by atoms with Gasteiger partial charge in [0.2, 0.25) is 0 Å². The third kappa shape index (κ3) is 11.0. The van der Waals surface area contributed by atoms with Gasteiger partial charge in [0.15, 0.2) is 0 Å². The Bertz CT molecular complexity index is 1660. The molecule has 3 unspecified atom stereocenters. The molecule has 2 aromatic carbocycles. The summed E-state index contributed by atoms with van der Waals surface area (Å²) in [6.07, 6.45) is -3.66. The summed E-state index contributed by atoms with van der Waals surface area (Å²) in [5, 5.41) is 12.6. The van der Waals surface area contributed by atoms with E-state index in [1.807, 2.05) is 0 Å². The second-order valence-corrected chi connectivity index (χ2v) is 13.9. The van der Waals surface area contributed by atoms with E-state index in [2.05, 4.69) is 28.0 Å². The maximum Gasteiger partial charge on any atom is 0.490 e. The number of anilines is 1. The van der Waals surface area contributed by atoms with E-state index in [0.717, 1.165) is 10.1 Å². The van der Waals surface area contributed by atoms with Crippen LogP contribution in [-0.2, 0) is 54.1 Å². The molecule has 244 valence electrons. The molecule has 0 radical (unpaired) electrons. The molecule has 18 nitrogen and oxygen atoms in total. The van der Waals surface area contributed by atoms with Gasteiger partial charge in [0.05, 0.1) is 19.3 Å². The zero-order valence-electron chi connectivity index (χ0n) is 23.0. The molecule has 1 aliphatic rings. The first kappa shape index (κ1) is 34.8. The Morgan fingerprint density at radius 1 is 0.889 bits per heavy atom. The molecule has 0 aliphatic carbocycles. The van der Waals surface area contributed by atoms with E-state index in [-0.39, 0.29) is 18.8 Å². The highest BCUT2D eigenvalue weighted by atomic mass is 31.3. The minimum absolute atomic E-state index is 0.0128. The van der Waals surface area contributed by atoms with E-state index in [1.54, 1.807) is 48.5 Å². The van der Waals surface area contributed by atoms with Crippen molar-refractivity contribution in [2.45, 2.75) is 38.1 Å². The van der Waals surface area contributed by atoms with Crippen LogP contribution in [0.5, 0.6) is 0 Å². The molecule has 0 bridgehead atoms. The lowest BCUT2D eigenvalue weighted by molar-refractivity contribution is -0.0449. The molecule has 2 heterocycles. The number of aromatic nitrogens is 2. The number of amides is 1. The number of ether oxygens (including phenoxy) is 2. The van der Waals surface area contributed by atoms with Crippen molar-refractivity contribution in [3.05, 3.63) is 94.5 Å². The Hall–Kier alpha value is -3.08. The quantitative estimate of drug-likeness (QED) is 0.152. The Morgan fingerprint density at radius 2 is 1.47 bits per heavy atom. The van der Waals surface area contributed by atoms with Crippen molar-refractivity contribution in [2.24, 2.45) is 0 Å². The number of benzene rings is 2. The van der Waals surface area contributed by atoms with Crippen LogP contribution in [0.25, 0.3) is 0 Å². The van der Waals surface area contributed by atoms with Gasteiger partial charge in [-0.25, -0.2) is 23.3 Å². The van der Waals surface area contributed by atoms with Gasteiger partial charge in [-0.1, -0.05) is 60.7 Å². The Morgan fingerprint density at radius 3 is 2.07 bits per heavy atom. The largest absolute Gasteiger partial charge is 0.490 e. The van der Waals surface area contributed by atoms with E-state index < -0.39 is 66.9 Å². The normalized spacial score (nSPS) is 22.1. The van der Waals surface area contributed by atoms with E-state index in [4.69, 9.17) is 9.47 Å². The number of carbonyl (C=O) groups excluding carboxylic acids is 1. The van der Waals surface area contributed by atoms with Gasteiger partial charge in [-0.3, -0.25) is 18.9 Å². The molecule has 1 aromatic heterocycles. The smallest absolute Gasteiger partial charge is 0.444 e. The SMILES string of the molecule is O=C(Nc1ccn([C@H]2C[C@@H](O)[C@@H](COP(=O)(O)OP(=O)(O)OP(=O)(O)OCc3ccccc3)O2)c(=O)n1)OCc1ccccc1. The molecule has 0 saturated carbocycles. The molecule has 1 saturated heterocycles. The topological polar surface area (TPSA) is 251 Å². The van der Waals surface area contributed by atoms with E-state index in [0.29, 0.717) is 5.56 Å². The number of phosphoric ester groups is 2. The van der Waals surface area contributed by atoms with Gasteiger partial charge in [-0.05, 0) is 17.2 Å². The highest BCUT2D eigenvalue weighted by Crippen LogP contribution is 2.67. The summed E-state index contributed by atoms with van der Waals surface area (Å²) in [5.74, 6) is -0.125. The number of nitrogens with one attached hydrogen (secondary N) is 1. The molecule has 1 fully saturated rings. The van der Waals surface area contributed by atoms with Crippen molar-refractivity contribution in [3.63, 3.8) is 0 Å². The second kappa shape index (κ2) is 15.0. The summed E-state index contributed by atoms with van der Waals surface area (Å²) in [5.41, 5.74) is 0.278. The van der Waals surface area contributed by atoms with Gasteiger partial charge >= 0.3 is 35.3 Å². The molecule has 1 aliphatic heterocycles. The standard InChI is InChI=1S/C24H28N3O15P3/c28-19-13-22(27-12-11-21(25-23(27)29)26-24(30)37-14-17-7-3-1-4-8-17)40-20(19)16-39-44(33,34)42-45(35,36)41-43(31,32)38-15-18-9-5-2-6-10-18/h1-12,19-20,22,28H,13-16H2,(H,31,32)(H,33,34)(H,35,36)(H,25,26,29,30)/t19-,20-,22-/m1/s1. The molecule has 21 heteroatoms. The number of rotatable bonds is 14. The molecule has 1 amide bonds. The monoisotopic (exact) mass is 691 g/mol. The lowest BCUT2D eigenvalue weighted by Crippen LogP contribution is -2.29. The third-order valence-electron chi connectivity index (χ3n) is 5.84. The van der Waals surface area contributed by atoms with Gasteiger partial charge in [-0.15, -0.1) is 0 Å². The maximum atomic E-state index is 12.6. The predicted octanol–water partition coefficient (Wildman–Crippen LogP) is 3.21. The van der Waals surface area contributed by atoms with Crippen LogP contribution in [0.1, 0.15) is 23.8 Å². The van der Waals surface area contributed by atoms with E-state index >= 15 is 0 Å². The van der Waals surface area contributed by atoms with Crippen molar-refractivity contribution in [1.29, 1.82) is 0 Å². The molecule has 45 heavy (non-hydrogen) atoms. The first-order valence-corrected chi connectivity index (χ1v) is 17.3. The molecule has 0 spiro atoms. The van der Waals surface area contributed by atoms with Crippen LogP contribution in [0.3, 0.4) is 0 Å². The fourth-order valence-corrected chi connectivity index (χ4v) is 7.32. The number of hydrogen-bond acceptors (Lipinski definition) is 13. The molecular formula is C24H28N3O15P3. The van der Waals surface area contributed by atoms with Gasteiger partial charge in [0.25, 0.3) is 0 Å². The molecule has 3 aromatic rings. The van der Waals surface area contributed by atoms with Crippen LogP contribution in [0.4, 0.5) is 10.6 Å². The van der Waals surface area contributed by atoms with Crippen molar-refractivity contribution in [2.75, 3.05) is 11.9 Å². The number of aliphatic hydroxyl groups is 1. The second-order valence-electron chi connectivity index (χ2n) is 9.25. The fourth-order valence-electron chi connectivity index (χ4n) is 3.82. The maximum absolute atomic E-state index is 12.6. The van der Waals surface area contributed by atoms with Crippen LogP contribution in [0, 0.1) is 0 Å². The van der Waals surface area contributed by atoms with Gasteiger partial charge < -0.3 is 29.3 Å². The first-order chi connectivity index (χ1) is 21.2. The van der Waals surface area contributed by atoms with E-state index in [9.17, 15) is 43.1 Å². The van der Waals surface area contributed by atoms with Crippen LogP contribution >= 0.6 is 23.5 Å². The van der Waals surface area contributed by atoms with Crippen LogP contribution < -0.4 is 11.0 Å². The predicted molar refractivity (Wildman–Crippen MR) is 152 cm³/mol. The number of phosphoric acid groups is 3. The molecular weight excluding hydrogens is 663 g/mol. The van der Waals surface area contributed by atoms with Crippen LogP contribution in [-0.4, -0.2) is 54.2 Å². The minimum atomic E-state index is -5.71. The zero-order chi connectivity index (χ0) is 32.7. The Labute approximate surface area is 254 Å². The lowest BCUT2D eigenvalue weighted by Gasteiger charge is -2.20. The summed E-state index contributed by atoms with van der Waals surface area (Å²) >= 11 is 0. The van der Waals surface area contributed by atoms with Crippen LogP contribution in [0.15, 0.2) is 77.7 Å². The summed E-state index contributed by atoms with van der Waals surface area (Å²) in [6.45, 7) is -1.40. The summed E-state index contributed by atoms with van der Waals surface area (Å²) in [4.78, 5) is 57.6. The number of nitrogens with zero attached hydrogens (tertiary/aromatic N) is 2. The Balaban J connectivity index is 1.26. The van der Waals surface area contributed by atoms with Crippen molar-refractivity contribution in [1.82, 2.24) is 9.55 Å². The van der Waals surface area contributed by atoms with Crippen LogP contribution in [0.2, 0.25) is 0 Å². The fraction of sp³-hybridized carbons (Fsp3) is 0.292. The van der Waals surface area contributed by atoms with Gasteiger partial charge in [0, 0.05) is 12.6 Å². The lowest BCUT2D eigenvalue weighted by atomic mass is 10.2. The number of aliphatic hydroxyl groups excluding tert-OH is 1. The number of hydrogen-bond donors (Lipinski definition) is 5. The first-order valence-electron chi connectivity index (χ1n) is 12.8. The highest BCUT2D eigenvalue weighted by molar-refractivity contribution is 7.66. The summed E-state index contributed by atoms with van der Waals surface area (Å²) in [7, 11) is -16.4. The minimum Gasteiger partial charge on any atom is -0.444 e. The molecule has 5 N–H and O–H groups in total. The highest BCUT2D eigenvalue weighted by Gasteiger charge is 2.44. The number of carbonyl (C=O) groups is 1. The van der Waals surface area contributed by atoms with Gasteiger partial charge in [0.1, 0.15) is 24.8 Å².